The second-order valence-electron chi connectivity index (χ2n) is 4.41. The maximum absolute atomic E-state index is 12.0. The molecule has 1 saturated carbocycles. The molecule has 1 aromatic rings. The number of hydrogen-bond donors (Lipinski definition) is 1. The van der Waals surface area contributed by atoms with E-state index in [1.165, 1.54) is 12.1 Å². The largest absolute Gasteiger partial charge is 0.573 e. The van der Waals surface area contributed by atoms with Crippen LogP contribution in [0.1, 0.15) is 18.4 Å². The molecule has 0 bridgehead atoms. The molecule has 0 saturated heterocycles. The van der Waals surface area contributed by atoms with E-state index in [4.69, 9.17) is 11.6 Å². The van der Waals surface area contributed by atoms with Gasteiger partial charge in [0, 0.05) is 17.2 Å². The number of halogens is 4. The summed E-state index contributed by atoms with van der Waals surface area (Å²) in [6.07, 6.45) is -5.21. The number of aliphatic hydroxyl groups excluding tert-OH is 1. The van der Waals surface area contributed by atoms with Crippen molar-refractivity contribution in [1.82, 2.24) is 0 Å². The summed E-state index contributed by atoms with van der Waals surface area (Å²) in [5.74, 6) is -0.306. The van der Waals surface area contributed by atoms with E-state index in [9.17, 15) is 18.3 Å². The van der Waals surface area contributed by atoms with E-state index in [0.29, 0.717) is 0 Å². The van der Waals surface area contributed by atoms with E-state index in [2.05, 4.69) is 4.74 Å². The Bertz CT molecular complexity index is 416. The lowest BCUT2D eigenvalue weighted by Gasteiger charge is -2.09. The Balaban J connectivity index is 2.05. The highest BCUT2D eigenvalue weighted by Crippen LogP contribution is 2.53. The molecule has 0 amide bonds. The third-order valence-electron chi connectivity index (χ3n) is 3.04. The van der Waals surface area contributed by atoms with Crippen molar-refractivity contribution in [1.29, 1.82) is 0 Å². The third kappa shape index (κ3) is 2.90. The molecule has 4 unspecified atom stereocenters. The Labute approximate surface area is 107 Å². The number of hydrogen-bond acceptors (Lipinski definition) is 2. The highest BCUT2D eigenvalue weighted by atomic mass is 35.5. The molecule has 1 fully saturated rings. The van der Waals surface area contributed by atoms with Gasteiger partial charge >= 0.3 is 6.36 Å². The van der Waals surface area contributed by atoms with Gasteiger partial charge in [-0.05, 0) is 24.6 Å². The summed E-state index contributed by atoms with van der Waals surface area (Å²) in [5, 5.41) is 9.28. The van der Waals surface area contributed by atoms with Gasteiger partial charge in [0.15, 0.2) is 0 Å². The van der Waals surface area contributed by atoms with Crippen LogP contribution in [0.3, 0.4) is 0 Å². The molecule has 1 aliphatic carbocycles. The van der Waals surface area contributed by atoms with Gasteiger partial charge in [0.25, 0.3) is 0 Å². The van der Waals surface area contributed by atoms with Crippen molar-refractivity contribution >= 4 is 11.6 Å². The Morgan fingerprint density at radius 1 is 1.28 bits per heavy atom. The lowest BCUT2D eigenvalue weighted by molar-refractivity contribution is -0.274. The molecule has 1 aromatic carbocycles. The van der Waals surface area contributed by atoms with Crippen molar-refractivity contribution in [3.63, 3.8) is 0 Å². The summed E-state index contributed by atoms with van der Waals surface area (Å²) in [6, 6.07) is 5.60. The first kappa shape index (κ1) is 13.5. The lowest BCUT2D eigenvalue weighted by Crippen LogP contribution is -2.17. The Kier molecular flexibility index (Phi) is 3.47. The predicted octanol–water partition coefficient (Wildman–Crippen LogP) is 3.29. The highest BCUT2D eigenvalue weighted by Gasteiger charge is 2.52. The van der Waals surface area contributed by atoms with E-state index in [-0.39, 0.29) is 23.0 Å². The van der Waals surface area contributed by atoms with Crippen molar-refractivity contribution < 1.29 is 23.0 Å². The van der Waals surface area contributed by atoms with E-state index in [0.717, 1.165) is 5.56 Å². The molecule has 6 heteroatoms. The molecule has 0 spiro atoms. The normalized spacial score (nSPS) is 28.9. The Morgan fingerprint density at radius 3 is 2.22 bits per heavy atom. The van der Waals surface area contributed by atoms with Gasteiger partial charge in [0.2, 0.25) is 0 Å². The second kappa shape index (κ2) is 4.63. The van der Waals surface area contributed by atoms with Crippen LogP contribution >= 0.6 is 11.6 Å². The number of aliphatic hydroxyl groups is 1. The fraction of sp³-hybridized carbons (Fsp3) is 0.500. The van der Waals surface area contributed by atoms with Crippen LogP contribution in [0.2, 0.25) is 0 Å². The summed E-state index contributed by atoms with van der Waals surface area (Å²) in [6.45, 7) is 1.65. The molecule has 18 heavy (non-hydrogen) atoms. The molecule has 0 aromatic heterocycles. The van der Waals surface area contributed by atoms with Crippen LogP contribution in [0.5, 0.6) is 5.75 Å². The molecule has 100 valence electrons. The summed E-state index contributed by atoms with van der Waals surface area (Å²) in [7, 11) is 0. The number of alkyl halides is 4. The minimum absolute atomic E-state index is 0.00777. The van der Waals surface area contributed by atoms with Crippen LogP contribution in [-0.2, 0) is 0 Å². The van der Waals surface area contributed by atoms with E-state index >= 15 is 0 Å². The molecule has 0 heterocycles. The fourth-order valence-corrected chi connectivity index (χ4v) is 2.76. The minimum atomic E-state index is -4.68. The second-order valence-corrected chi connectivity index (χ2v) is 4.91. The summed E-state index contributed by atoms with van der Waals surface area (Å²) < 4.78 is 39.7. The number of rotatable bonds is 3. The lowest BCUT2D eigenvalue weighted by atomic mass is 10.1. The quantitative estimate of drug-likeness (QED) is 0.861. The molecule has 1 aliphatic rings. The van der Waals surface area contributed by atoms with Crippen LogP contribution in [0.25, 0.3) is 0 Å². The van der Waals surface area contributed by atoms with E-state index < -0.39 is 12.5 Å². The molecule has 0 aliphatic heterocycles. The zero-order chi connectivity index (χ0) is 13.5. The molecular formula is C12H12ClF3O2. The van der Waals surface area contributed by atoms with Gasteiger partial charge in [-0.15, -0.1) is 24.8 Å². The average Bonchev–Trinajstić information content (AvgIpc) is 2.89. The van der Waals surface area contributed by atoms with Gasteiger partial charge in [-0.3, -0.25) is 0 Å². The van der Waals surface area contributed by atoms with Gasteiger partial charge in [-0.2, -0.15) is 0 Å². The standard InChI is InChI=1S/C12H12ClF3O2/c1-6(17)9-10(11(9)13)7-2-4-8(5-3-7)18-12(14,15)16/h2-6,9-11,17H,1H3. The fourth-order valence-electron chi connectivity index (χ4n) is 2.16. The number of benzene rings is 1. The maximum Gasteiger partial charge on any atom is 0.573 e. The van der Waals surface area contributed by atoms with Crippen LogP contribution in [0.15, 0.2) is 24.3 Å². The van der Waals surface area contributed by atoms with Gasteiger partial charge in [0.05, 0.1) is 6.10 Å². The molecule has 0 radical (unpaired) electrons. The first-order valence-electron chi connectivity index (χ1n) is 5.47. The van der Waals surface area contributed by atoms with E-state index in [1.807, 2.05) is 0 Å². The predicted molar refractivity (Wildman–Crippen MR) is 60.7 cm³/mol. The summed E-state index contributed by atoms with van der Waals surface area (Å²) >= 11 is 6.02. The van der Waals surface area contributed by atoms with Gasteiger partial charge in [-0.25, -0.2) is 0 Å². The van der Waals surface area contributed by atoms with Crippen LogP contribution in [0, 0.1) is 5.92 Å². The topological polar surface area (TPSA) is 29.5 Å². The Morgan fingerprint density at radius 2 is 1.83 bits per heavy atom. The molecule has 1 N–H and O–H groups in total. The molecule has 2 nitrogen and oxygen atoms in total. The van der Waals surface area contributed by atoms with E-state index in [1.54, 1.807) is 19.1 Å². The maximum atomic E-state index is 12.0. The van der Waals surface area contributed by atoms with Crippen molar-refractivity contribution in [2.45, 2.75) is 30.7 Å². The van der Waals surface area contributed by atoms with Crippen molar-refractivity contribution in [3.05, 3.63) is 29.8 Å². The van der Waals surface area contributed by atoms with Gasteiger partial charge in [0.1, 0.15) is 5.75 Å². The van der Waals surface area contributed by atoms with Crippen molar-refractivity contribution in [2.75, 3.05) is 0 Å². The van der Waals surface area contributed by atoms with Crippen molar-refractivity contribution in [3.8, 4) is 5.75 Å². The average molecular weight is 281 g/mol. The van der Waals surface area contributed by atoms with Crippen LogP contribution in [-0.4, -0.2) is 22.9 Å². The first-order valence-corrected chi connectivity index (χ1v) is 5.91. The first-order chi connectivity index (χ1) is 8.29. The SMILES string of the molecule is CC(O)C1C(Cl)C1c1ccc(OC(F)(F)F)cc1. The molecular weight excluding hydrogens is 269 g/mol. The molecule has 2 rings (SSSR count). The zero-order valence-electron chi connectivity index (χ0n) is 9.49. The minimum Gasteiger partial charge on any atom is -0.406 e. The summed E-state index contributed by atoms with van der Waals surface area (Å²) in [4.78, 5) is 0. The van der Waals surface area contributed by atoms with Gasteiger partial charge < -0.3 is 9.84 Å². The van der Waals surface area contributed by atoms with Gasteiger partial charge in [-0.1, -0.05) is 12.1 Å². The highest BCUT2D eigenvalue weighted by molar-refractivity contribution is 6.23. The Hall–Kier alpha value is -0.940. The third-order valence-corrected chi connectivity index (χ3v) is 3.60. The molecule has 4 atom stereocenters. The van der Waals surface area contributed by atoms with Crippen LogP contribution in [0.4, 0.5) is 13.2 Å². The smallest absolute Gasteiger partial charge is 0.406 e. The zero-order valence-corrected chi connectivity index (χ0v) is 10.2. The number of ether oxygens (including phenoxy) is 1. The summed E-state index contributed by atoms with van der Waals surface area (Å²) in [5.41, 5.74) is 0.815. The van der Waals surface area contributed by atoms with Crippen molar-refractivity contribution in [2.24, 2.45) is 5.92 Å². The monoisotopic (exact) mass is 280 g/mol. The van der Waals surface area contributed by atoms with Crippen LogP contribution < -0.4 is 4.74 Å².